The summed E-state index contributed by atoms with van der Waals surface area (Å²) in [6, 6.07) is 18.5. The van der Waals surface area contributed by atoms with E-state index in [4.69, 9.17) is 4.74 Å². The number of hydrogen-bond acceptors (Lipinski definition) is 4. The Balaban J connectivity index is 1.57. The Morgan fingerprint density at radius 1 is 1.06 bits per heavy atom. The molecule has 166 valence electrons. The van der Waals surface area contributed by atoms with Gasteiger partial charge in [-0.05, 0) is 23.3 Å². The third kappa shape index (κ3) is 6.54. The Labute approximate surface area is 185 Å². The van der Waals surface area contributed by atoms with E-state index in [0.717, 1.165) is 44.4 Å². The molecule has 7 nitrogen and oxygen atoms in total. The van der Waals surface area contributed by atoms with Gasteiger partial charge in [-0.25, -0.2) is 0 Å². The number of carbonyl (C=O) groups is 1. The molecule has 1 aliphatic heterocycles. The van der Waals surface area contributed by atoms with Crippen LogP contribution in [0, 0.1) is 0 Å². The van der Waals surface area contributed by atoms with E-state index in [1.54, 1.807) is 26.0 Å². The summed E-state index contributed by atoms with van der Waals surface area (Å²) in [5.74, 6) is 0.759. The van der Waals surface area contributed by atoms with Crippen molar-refractivity contribution in [3.8, 4) is 0 Å². The van der Waals surface area contributed by atoms with Gasteiger partial charge in [-0.1, -0.05) is 42.5 Å². The molecule has 0 radical (unpaired) electrons. The fourth-order valence-electron chi connectivity index (χ4n) is 3.65. The maximum absolute atomic E-state index is 12.0. The van der Waals surface area contributed by atoms with Crippen molar-refractivity contribution in [2.24, 2.45) is 4.99 Å². The fourth-order valence-corrected chi connectivity index (χ4v) is 3.65. The van der Waals surface area contributed by atoms with Gasteiger partial charge in [-0.2, -0.15) is 0 Å². The molecule has 1 atom stereocenters. The van der Waals surface area contributed by atoms with E-state index < -0.39 is 0 Å². The van der Waals surface area contributed by atoms with Crippen LogP contribution in [0.5, 0.6) is 0 Å². The van der Waals surface area contributed by atoms with Crippen LogP contribution in [0.25, 0.3) is 0 Å². The van der Waals surface area contributed by atoms with Crippen molar-refractivity contribution in [1.29, 1.82) is 0 Å². The van der Waals surface area contributed by atoms with Gasteiger partial charge < -0.3 is 20.3 Å². The van der Waals surface area contributed by atoms with E-state index in [2.05, 4.69) is 44.8 Å². The molecule has 1 amide bonds. The molecule has 0 saturated carbocycles. The van der Waals surface area contributed by atoms with Crippen molar-refractivity contribution in [2.75, 3.05) is 54.0 Å². The van der Waals surface area contributed by atoms with Gasteiger partial charge in [0.15, 0.2) is 5.96 Å². The van der Waals surface area contributed by atoms with E-state index in [9.17, 15) is 4.79 Å². The zero-order chi connectivity index (χ0) is 22.1. The van der Waals surface area contributed by atoms with Crippen molar-refractivity contribution in [3.05, 3.63) is 71.3 Å². The summed E-state index contributed by atoms with van der Waals surface area (Å²) in [5.41, 5.74) is 3.06. The third-order valence-corrected chi connectivity index (χ3v) is 5.42. The average Bonchev–Trinajstić information content (AvgIpc) is 2.82. The second kappa shape index (κ2) is 11.5. The molecule has 2 N–H and O–H groups in total. The number of guanidine groups is 1. The van der Waals surface area contributed by atoms with Crippen molar-refractivity contribution in [2.45, 2.75) is 12.6 Å². The van der Waals surface area contributed by atoms with Crippen LogP contribution in [-0.2, 0) is 11.3 Å². The lowest BCUT2D eigenvalue weighted by Crippen LogP contribution is -2.46. The lowest BCUT2D eigenvalue weighted by Gasteiger charge is -2.35. The highest BCUT2D eigenvalue weighted by atomic mass is 16.5. The quantitative estimate of drug-likeness (QED) is 0.527. The molecule has 0 aromatic heterocycles. The smallest absolute Gasteiger partial charge is 0.253 e. The summed E-state index contributed by atoms with van der Waals surface area (Å²) in [6.07, 6.45) is 0. The number of benzene rings is 2. The first kappa shape index (κ1) is 22.8. The first-order chi connectivity index (χ1) is 15.1. The predicted octanol–water partition coefficient (Wildman–Crippen LogP) is 2.13. The predicted molar refractivity (Wildman–Crippen MR) is 124 cm³/mol. The highest BCUT2D eigenvalue weighted by Crippen LogP contribution is 2.21. The Morgan fingerprint density at radius 3 is 2.35 bits per heavy atom. The number of carbonyl (C=O) groups excluding carboxylic acids is 1. The standard InChI is InChI=1S/C24H33N5O2/c1-25-24(26-17-19-9-11-21(12-10-19)23(30)28(2)3)27-18-22(20-7-5-4-6-8-20)29-13-15-31-16-14-29/h4-12,22H,13-18H2,1-3H3,(H2,25,26,27). The molecule has 0 bridgehead atoms. The maximum Gasteiger partial charge on any atom is 0.253 e. The Kier molecular flexibility index (Phi) is 8.44. The number of morpholine rings is 1. The van der Waals surface area contributed by atoms with Crippen LogP contribution in [0.2, 0.25) is 0 Å². The van der Waals surface area contributed by atoms with E-state index in [-0.39, 0.29) is 11.9 Å². The first-order valence-electron chi connectivity index (χ1n) is 10.7. The van der Waals surface area contributed by atoms with Gasteiger partial charge >= 0.3 is 0 Å². The minimum atomic E-state index is 0.00653. The zero-order valence-electron chi connectivity index (χ0n) is 18.7. The summed E-state index contributed by atoms with van der Waals surface area (Å²) in [4.78, 5) is 20.4. The summed E-state index contributed by atoms with van der Waals surface area (Å²) in [5, 5.41) is 6.84. The van der Waals surface area contributed by atoms with Crippen LogP contribution in [0.4, 0.5) is 0 Å². The molecular formula is C24H33N5O2. The van der Waals surface area contributed by atoms with E-state index in [1.807, 2.05) is 30.3 Å². The third-order valence-electron chi connectivity index (χ3n) is 5.42. The van der Waals surface area contributed by atoms with Gasteiger partial charge in [0.2, 0.25) is 0 Å². The van der Waals surface area contributed by atoms with Crippen LogP contribution in [0.3, 0.4) is 0 Å². The fraction of sp³-hybridized carbons (Fsp3) is 0.417. The van der Waals surface area contributed by atoms with Crippen LogP contribution >= 0.6 is 0 Å². The molecule has 2 aromatic carbocycles. The van der Waals surface area contributed by atoms with Crippen LogP contribution in [0.1, 0.15) is 27.5 Å². The lowest BCUT2D eigenvalue weighted by molar-refractivity contribution is 0.0170. The first-order valence-corrected chi connectivity index (χ1v) is 10.7. The summed E-state index contributed by atoms with van der Waals surface area (Å²) < 4.78 is 5.53. The SMILES string of the molecule is CN=C(NCc1ccc(C(=O)N(C)C)cc1)NCC(c1ccccc1)N1CCOCC1. The van der Waals surface area contributed by atoms with Gasteiger partial charge in [-0.15, -0.1) is 0 Å². The molecule has 7 heteroatoms. The highest BCUT2D eigenvalue weighted by molar-refractivity contribution is 5.93. The van der Waals surface area contributed by atoms with Crippen molar-refractivity contribution >= 4 is 11.9 Å². The number of nitrogens with one attached hydrogen (secondary N) is 2. The number of amides is 1. The summed E-state index contributed by atoms with van der Waals surface area (Å²) >= 11 is 0. The number of aliphatic imine (C=N–C) groups is 1. The Bertz CT molecular complexity index is 846. The summed E-state index contributed by atoms with van der Waals surface area (Å²) in [7, 11) is 5.29. The van der Waals surface area contributed by atoms with Gasteiger partial charge in [0.25, 0.3) is 5.91 Å². The van der Waals surface area contributed by atoms with Crippen LogP contribution in [-0.4, -0.2) is 75.7 Å². The van der Waals surface area contributed by atoms with E-state index >= 15 is 0 Å². The van der Waals surface area contributed by atoms with Crippen molar-refractivity contribution in [3.63, 3.8) is 0 Å². The number of hydrogen-bond donors (Lipinski definition) is 2. The van der Waals surface area contributed by atoms with Gasteiger partial charge in [0.1, 0.15) is 0 Å². The minimum absolute atomic E-state index is 0.00653. The van der Waals surface area contributed by atoms with Crippen LogP contribution in [0.15, 0.2) is 59.6 Å². The molecule has 1 unspecified atom stereocenters. The molecular weight excluding hydrogens is 390 g/mol. The minimum Gasteiger partial charge on any atom is -0.379 e. The molecule has 0 spiro atoms. The molecule has 1 saturated heterocycles. The van der Waals surface area contributed by atoms with Crippen LogP contribution < -0.4 is 10.6 Å². The molecule has 1 fully saturated rings. The van der Waals surface area contributed by atoms with E-state index in [0.29, 0.717) is 12.1 Å². The molecule has 2 aromatic rings. The topological polar surface area (TPSA) is 69.2 Å². The van der Waals surface area contributed by atoms with Gasteiger partial charge in [-0.3, -0.25) is 14.7 Å². The number of rotatable bonds is 7. The monoisotopic (exact) mass is 423 g/mol. The normalized spacial score (nSPS) is 15.9. The van der Waals surface area contributed by atoms with E-state index in [1.165, 1.54) is 5.56 Å². The summed E-state index contributed by atoms with van der Waals surface area (Å²) in [6.45, 7) is 4.76. The van der Waals surface area contributed by atoms with Crippen molar-refractivity contribution < 1.29 is 9.53 Å². The van der Waals surface area contributed by atoms with Gasteiger partial charge in [0, 0.05) is 52.9 Å². The second-order valence-corrected chi connectivity index (χ2v) is 7.78. The molecule has 31 heavy (non-hydrogen) atoms. The number of ether oxygens (including phenoxy) is 1. The lowest BCUT2D eigenvalue weighted by atomic mass is 10.0. The largest absolute Gasteiger partial charge is 0.379 e. The Hall–Kier alpha value is -2.90. The van der Waals surface area contributed by atoms with Crippen molar-refractivity contribution in [1.82, 2.24) is 20.4 Å². The zero-order valence-corrected chi connectivity index (χ0v) is 18.7. The van der Waals surface area contributed by atoms with Gasteiger partial charge in [0.05, 0.1) is 19.3 Å². The molecule has 3 rings (SSSR count). The Morgan fingerprint density at radius 2 is 1.74 bits per heavy atom. The highest BCUT2D eigenvalue weighted by Gasteiger charge is 2.22. The molecule has 1 heterocycles. The molecule has 0 aliphatic carbocycles. The maximum atomic E-state index is 12.0. The molecule has 1 aliphatic rings. The second-order valence-electron chi connectivity index (χ2n) is 7.78. The average molecular weight is 424 g/mol. The number of nitrogens with zero attached hydrogens (tertiary/aromatic N) is 3.